The molecule has 2 rings (SSSR count). The predicted molar refractivity (Wildman–Crippen MR) is 78.0 cm³/mol. The van der Waals surface area contributed by atoms with Crippen molar-refractivity contribution in [2.45, 2.75) is 32.7 Å². The molecule has 3 heteroatoms. The molecule has 1 aliphatic rings. The topological polar surface area (TPSA) is 32.3 Å². The molecule has 0 aromatic heterocycles. The Morgan fingerprint density at radius 2 is 1.95 bits per heavy atom. The van der Waals surface area contributed by atoms with Crippen LogP contribution in [0.4, 0.5) is 0 Å². The summed E-state index contributed by atoms with van der Waals surface area (Å²) < 4.78 is 0. The van der Waals surface area contributed by atoms with Gasteiger partial charge in [0.25, 0.3) is 0 Å². The van der Waals surface area contributed by atoms with Crippen molar-refractivity contribution in [1.29, 1.82) is 0 Å². The Labute approximate surface area is 116 Å². The van der Waals surface area contributed by atoms with Crippen molar-refractivity contribution in [1.82, 2.24) is 10.2 Å². The molecule has 0 spiro atoms. The maximum atomic E-state index is 12.0. The van der Waals surface area contributed by atoms with Gasteiger partial charge in [0.1, 0.15) is 0 Å². The molecule has 1 saturated heterocycles. The molecule has 0 radical (unpaired) electrons. The molecule has 0 saturated carbocycles. The standard InChI is InChI=1S/C16H24N2O/c1-12(2)15-6-4-13(5-7-15)11-18(3)16(19)8-14-9-17-10-14/h4-7,12,14,17H,8-11H2,1-3H3. The third-order valence-corrected chi connectivity index (χ3v) is 3.82. The van der Waals surface area contributed by atoms with Crippen LogP contribution in [-0.4, -0.2) is 30.9 Å². The van der Waals surface area contributed by atoms with Gasteiger partial charge in [-0.2, -0.15) is 0 Å². The first kappa shape index (κ1) is 14.1. The lowest BCUT2D eigenvalue weighted by atomic mass is 9.98. The molecule has 0 unspecified atom stereocenters. The monoisotopic (exact) mass is 260 g/mol. The van der Waals surface area contributed by atoms with Gasteiger partial charge < -0.3 is 10.2 Å². The highest BCUT2D eigenvalue weighted by atomic mass is 16.2. The molecule has 1 N–H and O–H groups in total. The maximum Gasteiger partial charge on any atom is 0.222 e. The molecule has 1 fully saturated rings. The van der Waals surface area contributed by atoms with Crippen molar-refractivity contribution in [3.05, 3.63) is 35.4 Å². The minimum absolute atomic E-state index is 0.249. The molecule has 19 heavy (non-hydrogen) atoms. The molecule has 1 aromatic rings. The number of rotatable bonds is 5. The van der Waals surface area contributed by atoms with Gasteiger partial charge >= 0.3 is 0 Å². The second kappa shape index (κ2) is 6.20. The summed E-state index contributed by atoms with van der Waals surface area (Å²) in [5, 5.41) is 3.20. The van der Waals surface area contributed by atoms with Crippen molar-refractivity contribution in [3.63, 3.8) is 0 Å². The van der Waals surface area contributed by atoms with Crippen LogP contribution >= 0.6 is 0 Å². The Bertz CT molecular complexity index is 421. The van der Waals surface area contributed by atoms with Crippen molar-refractivity contribution in [2.24, 2.45) is 5.92 Å². The normalized spacial score (nSPS) is 15.4. The van der Waals surface area contributed by atoms with Gasteiger partial charge in [-0.15, -0.1) is 0 Å². The summed E-state index contributed by atoms with van der Waals surface area (Å²) in [6, 6.07) is 8.58. The van der Waals surface area contributed by atoms with Gasteiger partial charge in [-0.3, -0.25) is 4.79 Å². The second-order valence-corrected chi connectivity index (χ2v) is 5.87. The van der Waals surface area contributed by atoms with Crippen LogP contribution in [0.5, 0.6) is 0 Å². The number of nitrogens with zero attached hydrogens (tertiary/aromatic N) is 1. The zero-order chi connectivity index (χ0) is 13.8. The zero-order valence-corrected chi connectivity index (χ0v) is 12.1. The first-order chi connectivity index (χ1) is 9.06. The quantitative estimate of drug-likeness (QED) is 0.881. The van der Waals surface area contributed by atoms with E-state index in [0.29, 0.717) is 24.8 Å². The number of carbonyl (C=O) groups excluding carboxylic acids is 1. The van der Waals surface area contributed by atoms with Gasteiger partial charge in [-0.25, -0.2) is 0 Å². The number of carbonyl (C=O) groups is 1. The van der Waals surface area contributed by atoms with E-state index in [4.69, 9.17) is 0 Å². The van der Waals surface area contributed by atoms with E-state index in [9.17, 15) is 4.79 Å². The van der Waals surface area contributed by atoms with E-state index in [1.807, 2.05) is 11.9 Å². The van der Waals surface area contributed by atoms with E-state index < -0.39 is 0 Å². The average Bonchev–Trinajstić information content (AvgIpc) is 2.34. The summed E-state index contributed by atoms with van der Waals surface area (Å²) in [5.41, 5.74) is 2.55. The summed E-state index contributed by atoms with van der Waals surface area (Å²) in [6.45, 7) is 7.07. The molecule has 104 valence electrons. The number of benzene rings is 1. The molecule has 0 atom stereocenters. The highest BCUT2D eigenvalue weighted by Gasteiger charge is 2.21. The van der Waals surface area contributed by atoms with E-state index in [1.165, 1.54) is 11.1 Å². The molecular weight excluding hydrogens is 236 g/mol. The summed E-state index contributed by atoms with van der Waals surface area (Å²) in [6.07, 6.45) is 0.674. The van der Waals surface area contributed by atoms with Crippen molar-refractivity contribution >= 4 is 5.91 Å². The molecule has 0 bridgehead atoms. The highest BCUT2D eigenvalue weighted by Crippen LogP contribution is 2.16. The number of hydrogen-bond donors (Lipinski definition) is 1. The van der Waals surface area contributed by atoms with Gasteiger partial charge in [-0.05, 0) is 36.1 Å². The lowest BCUT2D eigenvalue weighted by molar-refractivity contribution is -0.131. The molecule has 0 aliphatic carbocycles. The van der Waals surface area contributed by atoms with Gasteiger partial charge in [0, 0.05) is 20.0 Å². The van der Waals surface area contributed by atoms with Crippen LogP contribution < -0.4 is 5.32 Å². The molecular formula is C16H24N2O. The molecule has 1 heterocycles. The lowest BCUT2D eigenvalue weighted by Gasteiger charge is -2.28. The fourth-order valence-electron chi connectivity index (χ4n) is 2.27. The Morgan fingerprint density at radius 3 is 2.42 bits per heavy atom. The van der Waals surface area contributed by atoms with Gasteiger partial charge in [0.2, 0.25) is 5.91 Å². The highest BCUT2D eigenvalue weighted by molar-refractivity contribution is 5.76. The largest absolute Gasteiger partial charge is 0.341 e. The van der Waals surface area contributed by atoms with Crippen molar-refractivity contribution in [3.8, 4) is 0 Å². The van der Waals surface area contributed by atoms with E-state index >= 15 is 0 Å². The number of hydrogen-bond acceptors (Lipinski definition) is 2. The molecule has 1 aliphatic heterocycles. The first-order valence-electron chi connectivity index (χ1n) is 7.09. The van der Waals surface area contributed by atoms with Crippen LogP contribution in [0.3, 0.4) is 0 Å². The van der Waals surface area contributed by atoms with Crippen LogP contribution in [0.25, 0.3) is 0 Å². The van der Waals surface area contributed by atoms with Crippen molar-refractivity contribution < 1.29 is 4.79 Å². The predicted octanol–water partition coefficient (Wildman–Crippen LogP) is 2.38. The van der Waals surface area contributed by atoms with E-state index in [-0.39, 0.29) is 5.91 Å². The van der Waals surface area contributed by atoms with Crippen LogP contribution in [0.1, 0.15) is 37.3 Å². The summed E-state index contributed by atoms with van der Waals surface area (Å²) in [4.78, 5) is 13.9. The summed E-state index contributed by atoms with van der Waals surface area (Å²) in [7, 11) is 1.89. The third kappa shape index (κ3) is 3.80. The van der Waals surface area contributed by atoms with E-state index in [2.05, 4.69) is 43.4 Å². The lowest BCUT2D eigenvalue weighted by Crippen LogP contribution is -2.44. The van der Waals surface area contributed by atoms with E-state index in [0.717, 1.165) is 13.1 Å². The van der Waals surface area contributed by atoms with E-state index in [1.54, 1.807) is 0 Å². The Morgan fingerprint density at radius 1 is 1.32 bits per heavy atom. The number of nitrogens with one attached hydrogen (secondary N) is 1. The van der Waals surface area contributed by atoms with Crippen LogP contribution in [0.2, 0.25) is 0 Å². The second-order valence-electron chi connectivity index (χ2n) is 5.87. The fraction of sp³-hybridized carbons (Fsp3) is 0.562. The molecule has 1 aromatic carbocycles. The van der Waals surface area contributed by atoms with Crippen LogP contribution in [0.15, 0.2) is 24.3 Å². The number of amides is 1. The van der Waals surface area contributed by atoms with Crippen molar-refractivity contribution in [2.75, 3.05) is 20.1 Å². The van der Waals surface area contributed by atoms with Crippen LogP contribution in [0, 0.1) is 5.92 Å². The summed E-state index contributed by atoms with van der Waals surface area (Å²) in [5.74, 6) is 1.34. The fourth-order valence-corrected chi connectivity index (χ4v) is 2.27. The Hall–Kier alpha value is -1.35. The van der Waals surface area contributed by atoms with Gasteiger partial charge in [0.05, 0.1) is 0 Å². The van der Waals surface area contributed by atoms with Gasteiger partial charge in [0.15, 0.2) is 0 Å². The minimum atomic E-state index is 0.249. The smallest absolute Gasteiger partial charge is 0.222 e. The Balaban J connectivity index is 1.86. The van der Waals surface area contributed by atoms with Gasteiger partial charge in [-0.1, -0.05) is 38.1 Å². The minimum Gasteiger partial charge on any atom is -0.341 e. The Kier molecular flexibility index (Phi) is 4.59. The average molecular weight is 260 g/mol. The summed E-state index contributed by atoms with van der Waals surface area (Å²) >= 11 is 0. The SMILES string of the molecule is CC(C)c1ccc(CN(C)C(=O)CC2CNC2)cc1. The third-order valence-electron chi connectivity index (χ3n) is 3.82. The van der Waals surface area contributed by atoms with Crippen LogP contribution in [-0.2, 0) is 11.3 Å². The maximum absolute atomic E-state index is 12.0. The molecule has 3 nitrogen and oxygen atoms in total. The molecule has 1 amide bonds. The zero-order valence-electron chi connectivity index (χ0n) is 12.1. The first-order valence-corrected chi connectivity index (χ1v) is 7.09.